The maximum atomic E-state index is 13.9. The number of cyclic esters (lactones) is 1. The van der Waals surface area contributed by atoms with Crippen molar-refractivity contribution in [3.05, 3.63) is 90.0 Å². The van der Waals surface area contributed by atoms with Gasteiger partial charge in [0, 0.05) is 37.5 Å². The SMILES string of the molecule is C[C@@H]1[C@H](O)[C@@H](C)/C=C/C=C/C=C/C=C/C=C/C=C/C=C/C(O[C@@H]2OC[C@@H](O)[C@H](N=O)[C@H]2O)C[C@@H]2OC(O)(CC(O)C[C@@H](O)C(O)CCC(O)CC(O)CC(=O)O[C@H]1C)C[C@H](O)C2C(=O)NC(CO)(CO)CO. The molecule has 7 unspecified atom stereocenters. The fourth-order valence-electron chi connectivity index (χ4n) is 8.45. The summed E-state index contributed by atoms with van der Waals surface area (Å²) >= 11 is 0. The van der Waals surface area contributed by atoms with Gasteiger partial charge in [0.25, 0.3) is 0 Å². The van der Waals surface area contributed by atoms with E-state index in [0.29, 0.717) is 0 Å². The first-order valence-corrected chi connectivity index (χ1v) is 24.3. The fourth-order valence-corrected chi connectivity index (χ4v) is 8.45. The fraction of sp³-hybridized carbons (Fsp3) is 0.680. The molecule has 3 rings (SSSR count). The first-order chi connectivity index (χ1) is 34.1. The number of carbonyl (C=O) groups excluding carboxylic acids is 2. The number of hydrogen-bond acceptors (Lipinski definition) is 21. The van der Waals surface area contributed by atoms with Gasteiger partial charge in [0.15, 0.2) is 18.1 Å². The maximum Gasteiger partial charge on any atom is 0.308 e. The first-order valence-electron chi connectivity index (χ1n) is 24.3. The van der Waals surface area contributed by atoms with Crippen LogP contribution >= 0.6 is 0 Å². The molecule has 0 spiro atoms. The molecule has 72 heavy (non-hydrogen) atoms. The monoisotopic (exact) mass is 1030 g/mol. The second-order valence-corrected chi connectivity index (χ2v) is 19.1. The van der Waals surface area contributed by atoms with Crippen molar-refractivity contribution in [3.63, 3.8) is 0 Å². The van der Waals surface area contributed by atoms with Gasteiger partial charge in [0.1, 0.15) is 23.9 Å². The Bertz CT molecular complexity index is 1850. The van der Waals surface area contributed by atoms with Crippen LogP contribution in [0.2, 0.25) is 0 Å². The van der Waals surface area contributed by atoms with Gasteiger partial charge in [-0.2, -0.15) is 4.91 Å². The van der Waals surface area contributed by atoms with Crippen LogP contribution in [0.25, 0.3) is 0 Å². The topological polar surface area (TPSA) is 376 Å². The zero-order valence-corrected chi connectivity index (χ0v) is 41.0. The van der Waals surface area contributed by atoms with Crippen LogP contribution in [0.1, 0.15) is 72.1 Å². The van der Waals surface area contributed by atoms with Crippen LogP contribution in [-0.4, -0.2) is 202 Å². The largest absolute Gasteiger partial charge is 0.462 e. The number of allylic oxidation sites excluding steroid dienone is 12. The van der Waals surface area contributed by atoms with Crippen LogP contribution in [0.3, 0.4) is 0 Å². The number of hydrogen-bond donors (Lipinski definition) is 14. The van der Waals surface area contributed by atoms with E-state index < -0.39 is 179 Å². The molecule has 3 aliphatic heterocycles. The highest BCUT2D eigenvalue weighted by atomic mass is 16.7. The van der Waals surface area contributed by atoms with Crippen LogP contribution < -0.4 is 5.32 Å². The zero-order chi connectivity index (χ0) is 53.6. The van der Waals surface area contributed by atoms with Crippen molar-refractivity contribution in [1.29, 1.82) is 0 Å². The Morgan fingerprint density at radius 1 is 0.708 bits per heavy atom. The van der Waals surface area contributed by atoms with Crippen molar-refractivity contribution >= 4 is 11.9 Å². The summed E-state index contributed by atoms with van der Waals surface area (Å²) in [5.74, 6) is -6.68. The van der Waals surface area contributed by atoms with Crippen LogP contribution in [0.5, 0.6) is 0 Å². The van der Waals surface area contributed by atoms with Crippen molar-refractivity contribution < 1.29 is 94.9 Å². The average molecular weight is 1030 g/mol. The normalized spacial score (nSPS) is 41.3. The summed E-state index contributed by atoms with van der Waals surface area (Å²) in [7, 11) is 0. The third-order valence-corrected chi connectivity index (χ3v) is 13.0. The Kier molecular flexibility index (Phi) is 26.9. The summed E-state index contributed by atoms with van der Waals surface area (Å²) < 4.78 is 23.1. The standard InChI is InChI=1S/C50H78N2O20/c1-30-16-14-12-10-8-6-4-5-7-9-11-13-15-17-36(71-48-46(65)44(52-68)40(62)26-69-48)23-41-43(47(66)51-49(27-53,28-54)29-55)39(61)25-50(67,72-41)24-35(58)21-38(60)37(59)19-18-33(56)20-34(57)22-42(63)70-32(3)31(2)45(30)64/h4-17,30-41,43-46,48,53-62,64-65,67H,18-29H2,1-3H3,(H,51,66)/b5-4+,8-6+,9-7+,12-10+,13-11+,16-14+,17-15+/t30-,31-,32-,33?,34?,35?,36?,37?,38+,39-,40+,41-,43?,44-,45+,46+,48-,50?/m0/s1. The van der Waals surface area contributed by atoms with Crippen molar-refractivity contribution in [2.45, 2.75) is 169 Å². The molecule has 3 aliphatic rings. The molecule has 1 amide bonds. The molecular weight excluding hydrogens is 949 g/mol. The van der Waals surface area contributed by atoms with Crippen molar-refractivity contribution in [2.75, 3.05) is 26.4 Å². The van der Waals surface area contributed by atoms with Gasteiger partial charge in [-0.05, 0) is 26.2 Å². The Labute approximate surface area is 419 Å². The maximum absolute atomic E-state index is 13.9. The molecule has 0 saturated carbocycles. The van der Waals surface area contributed by atoms with Crippen LogP contribution in [0, 0.1) is 22.7 Å². The predicted octanol–water partition coefficient (Wildman–Crippen LogP) is -1.12. The number of esters is 1. The summed E-state index contributed by atoms with van der Waals surface area (Å²) in [6.45, 7) is 1.91. The molecule has 2 saturated heterocycles. The van der Waals surface area contributed by atoms with E-state index in [1.54, 1.807) is 86.8 Å². The lowest BCUT2D eigenvalue weighted by molar-refractivity contribution is -0.304. The minimum atomic E-state index is -2.45. The Hall–Kier alpha value is -3.92. The number of ether oxygens (including phenoxy) is 4. The third kappa shape index (κ3) is 20.1. The number of fused-ring (bicyclic) bond motifs is 2. The minimum Gasteiger partial charge on any atom is -0.462 e. The molecule has 0 aromatic heterocycles. The number of rotatable bonds is 8. The highest BCUT2D eigenvalue weighted by Crippen LogP contribution is 2.38. The Morgan fingerprint density at radius 2 is 1.28 bits per heavy atom. The first kappa shape index (κ1) is 62.4. The average Bonchev–Trinajstić information content (AvgIpc) is 3.31. The molecule has 2 fully saturated rings. The Morgan fingerprint density at radius 3 is 1.85 bits per heavy atom. The summed E-state index contributed by atoms with van der Waals surface area (Å²) in [6.07, 6.45) is 1.74. The molecule has 22 heteroatoms. The smallest absolute Gasteiger partial charge is 0.308 e. The molecule has 18 atom stereocenters. The second kappa shape index (κ2) is 31.1. The van der Waals surface area contributed by atoms with E-state index >= 15 is 0 Å². The third-order valence-electron chi connectivity index (χ3n) is 13.0. The summed E-state index contributed by atoms with van der Waals surface area (Å²) in [5, 5.41) is 144. The molecule has 0 aliphatic carbocycles. The van der Waals surface area contributed by atoms with Gasteiger partial charge < -0.3 is 90.6 Å². The highest BCUT2D eigenvalue weighted by Gasteiger charge is 2.52. The molecule has 0 radical (unpaired) electrons. The van der Waals surface area contributed by atoms with Gasteiger partial charge in [0.05, 0.1) is 93.7 Å². The molecule has 0 aromatic rings. The van der Waals surface area contributed by atoms with Gasteiger partial charge in [-0.1, -0.05) is 104 Å². The number of amides is 1. The molecule has 14 N–H and O–H groups in total. The lowest BCUT2D eigenvalue weighted by atomic mass is 9.81. The van der Waals surface area contributed by atoms with E-state index in [9.17, 15) is 80.9 Å². The van der Waals surface area contributed by atoms with Gasteiger partial charge in [0.2, 0.25) is 5.91 Å². The van der Waals surface area contributed by atoms with E-state index in [-0.39, 0.29) is 25.2 Å². The summed E-state index contributed by atoms with van der Waals surface area (Å²) in [5.41, 5.74) is -1.97. The van der Waals surface area contributed by atoms with Crippen LogP contribution in [0.15, 0.2) is 90.2 Å². The van der Waals surface area contributed by atoms with E-state index in [1.807, 2.05) is 6.92 Å². The number of nitrogens with one attached hydrogen (secondary N) is 1. The second-order valence-electron chi connectivity index (χ2n) is 19.1. The van der Waals surface area contributed by atoms with E-state index in [4.69, 9.17) is 18.9 Å². The molecule has 0 aromatic carbocycles. The van der Waals surface area contributed by atoms with E-state index in [0.717, 1.165) is 0 Å². The summed E-state index contributed by atoms with van der Waals surface area (Å²) in [4.78, 5) is 38.1. The lowest BCUT2D eigenvalue weighted by Gasteiger charge is -2.46. The molecule has 408 valence electrons. The zero-order valence-electron chi connectivity index (χ0n) is 41.0. The van der Waals surface area contributed by atoms with Gasteiger partial charge in [-0.3, -0.25) is 9.59 Å². The van der Waals surface area contributed by atoms with E-state index in [1.165, 1.54) is 12.2 Å². The molecule has 3 heterocycles. The Balaban J connectivity index is 1.97. The number of aliphatic hydroxyl groups excluding tert-OH is 12. The molecule has 22 nitrogen and oxygen atoms in total. The van der Waals surface area contributed by atoms with Gasteiger partial charge >= 0.3 is 5.97 Å². The van der Waals surface area contributed by atoms with Gasteiger partial charge in [-0.15, -0.1) is 0 Å². The molecular formula is C50H78N2O20. The quantitative estimate of drug-likeness (QED) is 0.101. The van der Waals surface area contributed by atoms with Crippen LogP contribution in [0.4, 0.5) is 0 Å². The number of nitrogens with zero attached hydrogens (tertiary/aromatic N) is 1. The lowest BCUT2D eigenvalue weighted by Crippen LogP contribution is -2.63. The van der Waals surface area contributed by atoms with Crippen molar-refractivity contribution in [1.82, 2.24) is 5.32 Å². The predicted molar refractivity (Wildman–Crippen MR) is 258 cm³/mol. The van der Waals surface area contributed by atoms with Gasteiger partial charge in [-0.25, -0.2) is 0 Å². The summed E-state index contributed by atoms with van der Waals surface area (Å²) in [6, 6.07) is -1.56. The van der Waals surface area contributed by atoms with Crippen LogP contribution in [-0.2, 0) is 28.5 Å². The molecule has 2 bridgehead atoms. The number of nitroso groups, excluding NO2 is 1. The minimum absolute atomic E-state index is 0.150. The highest BCUT2D eigenvalue weighted by molar-refractivity contribution is 5.81. The number of aliphatic hydroxyl groups is 13. The number of carbonyl (C=O) groups is 2. The van der Waals surface area contributed by atoms with Crippen molar-refractivity contribution in [2.24, 2.45) is 22.9 Å². The van der Waals surface area contributed by atoms with Crippen molar-refractivity contribution in [3.8, 4) is 0 Å². The van der Waals surface area contributed by atoms with E-state index in [2.05, 4.69) is 10.5 Å².